The van der Waals surface area contributed by atoms with Gasteiger partial charge in [-0.15, -0.1) is 0 Å². The minimum atomic E-state index is 0.0356. The number of aryl methyl sites for hydroxylation is 1. The van der Waals surface area contributed by atoms with Crippen molar-refractivity contribution in [1.29, 1.82) is 0 Å². The number of nitrogens with zero attached hydrogens (tertiary/aromatic N) is 1. The summed E-state index contributed by atoms with van der Waals surface area (Å²) >= 11 is 0. The summed E-state index contributed by atoms with van der Waals surface area (Å²) in [5, 5.41) is 10.2. The Balaban J connectivity index is 1.40. The number of ether oxygens (including phenoxy) is 1. The van der Waals surface area contributed by atoms with Crippen LogP contribution in [0.3, 0.4) is 0 Å². The summed E-state index contributed by atoms with van der Waals surface area (Å²) in [6, 6.07) is 17.3. The van der Waals surface area contributed by atoms with Crippen LogP contribution in [0.25, 0.3) is 0 Å². The number of fused-ring (bicyclic) bond motifs is 1. The Bertz CT molecular complexity index is 730. The van der Waals surface area contributed by atoms with Gasteiger partial charge in [-0.2, -0.15) is 0 Å². The van der Waals surface area contributed by atoms with Crippen molar-refractivity contribution in [2.45, 2.75) is 38.6 Å². The summed E-state index contributed by atoms with van der Waals surface area (Å²) in [6.07, 6.45) is 5.43. The minimum absolute atomic E-state index is 0.0356. The fourth-order valence-corrected chi connectivity index (χ4v) is 4.51. The number of aliphatic hydroxyl groups excluding tert-OH is 1. The van der Waals surface area contributed by atoms with Crippen molar-refractivity contribution < 1.29 is 9.84 Å². The molecule has 3 heteroatoms. The monoisotopic (exact) mass is 351 g/mol. The summed E-state index contributed by atoms with van der Waals surface area (Å²) in [7, 11) is 0. The van der Waals surface area contributed by atoms with Crippen molar-refractivity contribution in [3.05, 3.63) is 65.2 Å². The third-order valence-corrected chi connectivity index (χ3v) is 6.02. The molecule has 0 radical (unpaired) electrons. The van der Waals surface area contributed by atoms with Gasteiger partial charge in [0.05, 0.1) is 6.61 Å². The van der Waals surface area contributed by atoms with Crippen LogP contribution >= 0.6 is 0 Å². The van der Waals surface area contributed by atoms with Gasteiger partial charge in [-0.3, -0.25) is 4.90 Å². The van der Waals surface area contributed by atoms with Crippen LogP contribution in [0.2, 0.25) is 0 Å². The topological polar surface area (TPSA) is 32.7 Å². The van der Waals surface area contributed by atoms with Gasteiger partial charge >= 0.3 is 0 Å². The van der Waals surface area contributed by atoms with E-state index in [1.54, 1.807) is 0 Å². The van der Waals surface area contributed by atoms with Crippen LogP contribution in [0.4, 0.5) is 0 Å². The number of rotatable bonds is 6. The lowest BCUT2D eigenvalue weighted by Gasteiger charge is -2.42. The Hall–Kier alpha value is -1.84. The lowest BCUT2D eigenvalue weighted by molar-refractivity contribution is 0.0224. The van der Waals surface area contributed by atoms with E-state index in [1.807, 2.05) is 0 Å². The highest BCUT2D eigenvalue weighted by molar-refractivity contribution is 5.39. The van der Waals surface area contributed by atoms with Gasteiger partial charge in [-0.1, -0.05) is 42.5 Å². The average Bonchev–Trinajstić information content (AvgIpc) is 3.15. The van der Waals surface area contributed by atoms with Crippen molar-refractivity contribution in [3.8, 4) is 5.75 Å². The third kappa shape index (κ3) is 3.94. The first-order valence-corrected chi connectivity index (χ1v) is 9.88. The van der Waals surface area contributed by atoms with Gasteiger partial charge in [0.1, 0.15) is 5.75 Å². The molecular weight excluding hydrogens is 322 g/mol. The molecule has 2 aromatic rings. The van der Waals surface area contributed by atoms with Crippen LogP contribution in [0.1, 0.15) is 36.0 Å². The first kappa shape index (κ1) is 17.6. The molecule has 1 saturated heterocycles. The van der Waals surface area contributed by atoms with Gasteiger partial charge in [0, 0.05) is 31.5 Å². The van der Waals surface area contributed by atoms with E-state index in [0.717, 1.165) is 57.7 Å². The van der Waals surface area contributed by atoms with E-state index in [1.165, 1.54) is 23.1 Å². The van der Waals surface area contributed by atoms with Crippen molar-refractivity contribution in [3.63, 3.8) is 0 Å². The lowest BCUT2D eigenvalue weighted by atomic mass is 9.76. The Labute approximate surface area is 156 Å². The molecule has 138 valence electrons. The van der Waals surface area contributed by atoms with Crippen molar-refractivity contribution in [1.82, 2.24) is 4.90 Å². The molecule has 0 bridgehead atoms. The predicted octanol–water partition coefficient (Wildman–Crippen LogP) is 3.83. The Morgan fingerprint density at radius 1 is 1.08 bits per heavy atom. The second-order valence-corrected chi connectivity index (χ2v) is 8.00. The van der Waals surface area contributed by atoms with Gasteiger partial charge in [-0.05, 0) is 55.0 Å². The smallest absolute Gasteiger partial charge is 0.122 e. The minimum Gasteiger partial charge on any atom is -0.493 e. The van der Waals surface area contributed by atoms with Crippen molar-refractivity contribution in [2.24, 2.45) is 5.41 Å². The van der Waals surface area contributed by atoms with E-state index in [4.69, 9.17) is 4.74 Å². The van der Waals surface area contributed by atoms with Crippen LogP contribution in [-0.2, 0) is 19.4 Å². The van der Waals surface area contributed by atoms with Crippen molar-refractivity contribution in [2.75, 3.05) is 26.3 Å². The second kappa shape index (κ2) is 7.81. The van der Waals surface area contributed by atoms with Crippen LogP contribution < -0.4 is 4.74 Å². The van der Waals surface area contributed by atoms with E-state index in [2.05, 4.69) is 53.4 Å². The molecule has 2 aromatic carbocycles. The van der Waals surface area contributed by atoms with Gasteiger partial charge in [0.15, 0.2) is 0 Å². The molecule has 3 nitrogen and oxygen atoms in total. The fourth-order valence-electron chi connectivity index (χ4n) is 4.51. The number of piperidine rings is 1. The molecule has 0 spiro atoms. The van der Waals surface area contributed by atoms with Crippen molar-refractivity contribution >= 4 is 0 Å². The SMILES string of the molecule is OC[C@@]1(CCc2ccccc2)CCCN(Cc2ccc3c(c2)CCO3)C1. The maximum Gasteiger partial charge on any atom is 0.122 e. The second-order valence-electron chi connectivity index (χ2n) is 8.00. The molecule has 1 atom stereocenters. The highest BCUT2D eigenvalue weighted by atomic mass is 16.5. The molecule has 0 saturated carbocycles. The van der Waals surface area contributed by atoms with Crippen LogP contribution in [-0.4, -0.2) is 36.3 Å². The largest absolute Gasteiger partial charge is 0.493 e. The zero-order valence-corrected chi connectivity index (χ0v) is 15.5. The standard InChI is InChI=1S/C23H29NO2/c25-18-23(12-9-19-5-2-1-3-6-19)11-4-13-24(17-23)16-20-7-8-22-21(15-20)10-14-26-22/h1-3,5-8,15,25H,4,9-14,16-18H2/t23-/m1/s1. The van der Waals surface area contributed by atoms with E-state index in [0.29, 0.717) is 0 Å². The maximum absolute atomic E-state index is 10.2. The fraction of sp³-hybridized carbons (Fsp3) is 0.478. The van der Waals surface area contributed by atoms with Crippen LogP contribution in [0.5, 0.6) is 5.75 Å². The number of hydrogen-bond donors (Lipinski definition) is 1. The van der Waals surface area contributed by atoms with Gasteiger partial charge < -0.3 is 9.84 Å². The predicted molar refractivity (Wildman–Crippen MR) is 104 cm³/mol. The Morgan fingerprint density at radius 3 is 2.81 bits per heavy atom. The normalized spacial score (nSPS) is 22.8. The molecule has 0 aliphatic carbocycles. The molecule has 2 aliphatic rings. The first-order chi connectivity index (χ1) is 12.8. The number of hydrogen-bond acceptors (Lipinski definition) is 3. The van der Waals surface area contributed by atoms with Crippen LogP contribution in [0, 0.1) is 5.41 Å². The average molecular weight is 351 g/mol. The highest BCUT2D eigenvalue weighted by Crippen LogP contribution is 2.35. The van der Waals surface area contributed by atoms with Gasteiger partial charge in [0.2, 0.25) is 0 Å². The molecule has 4 rings (SSSR count). The first-order valence-electron chi connectivity index (χ1n) is 9.88. The summed E-state index contributed by atoms with van der Waals surface area (Å²) in [6.45, 7) is 4.19. The van der Waals surface area contributed by atoms with Crippen LogP contribution in [0.15, 0.2) is 48.5 Å². The molecule has 2 aliphatic heterocycles. The molecule has 1 fully saturated rings. The summed E-state index contributed by atoms with van der Waals surface area (Å²) in [4.78, 5) is 2.53. The Kier molecular flexibility index (Phi) is 5.28. The zero-order chi connectivity index (χ0) is 17.8. The van der Waals surface area contributed by atoms with E-state index in [9.17, 15) is 5.11 Å². The molecule has 2 heterocycles. The molecular formula is C23H29NO2. The zero-order valence-electron chi connectivity index (χ0n) is 15.5. The highest BCUT2D eigenvalue weighted by Gasteiger charge is 2.34. The maximum atomic E-state index is 10.2. The van der Waals surface area contributed by atoms with E-state index >= 15 is 0 Å². The third-order valence-electron chi connectivity index (χ3n) is 6.02. The van der Waals surface area contributed by atoms with E-state index in [-0.39, 0.29) is 12.0 Å². The molecule has 0 unspecified atom stereocenters. The molecule has 0 aromatic heterocycles. The molecule has 1 N–H and O–H groups in total. The summed E-state index contributed by atoms with van der Waals surface area (Å²) in [5.74, 6) is 1.06. The van der Waals surface area contributed by atoms with Gasteiger partial charge in [-0.25, -0.2) is 0 Å². The number of likely N-dealkylation sites (tertiary alicyclic amines) is 1. The summed E-state index contributed by atoms with van der Waals surface area (Å²) in [5.41, 5.74) is 4.12. The Morgan fingerprint density at radius 2 is 1.96 bits per heavy atom. The molecule has 0 amide bonds. The summed E-state index contributed by atoms with van der Waals surface area (Å²) < 4.78 is 5.62. The van der Waals surface area contributed by atoms with Gasteiger partial charge in [0.25, 0.3) is 0 Å². The van der Waals surface area contributed by atoms with E-state index < -0.39 is 0 Å². The number of benzene rings is 2. The molecule has 26 heavy (non-hydrogen) atoms. The number of aliphatic hydroxyl groups is 1. The lowest BCUT2D eigenvalue weighted by Crippen LogP contribution is -2.45. The quantitative estimate of drug-likeness (QED) is 0.858.